The molecule has 0 aliphatic carbocycles. The number of nitrogens with one attached hydrogen (secondary N) is 1. The van der Waals surface area contributed by atoms with Gasteiger partial charge in [-0.2, -0.15) is 0 Å². The van der Waals surface area contributed by atoms with Gasteiger partial charge in [-0.1, -0.05) is 36.3 Å². The van der Waals surface area contributed by atoms with Crippen molar-refractivity contribution >= 4 is 17.6 Å². The smallest absolute Gasteiger partial charge is 0.337 e. The molecule has 0 saturated heterocycles. The number of carbonyl (C=O) groups is 2. The van der Waals surface area contributed by atoms with Crippen LogP contribution in [0.5, 0.6) is 5.75 Å². The summed E-state index contributed by atoms with van der Waals surface area (Å²) in [5.74, 6) is 5.74. The van der Waals surface area contributed by atoms with Crippen molar-refractivity contribution < 1.29 is 23.8 Å². The lowest BCUT2D eigenvalue weighted by atomic mass is 10.1. The summed E-state index contributed by atoms with van der Waals surface area (Å²) in [4.78, 5) is 25.7. The molecule has 0 aliphatic rings. The van der Waals surface area contributed by atoms with Crippen LogP contribution in [0.1, 0.15) is 29.3 Å². The number of methoxy groups -OCH3 is 2. The molecule has 33 heavy (non-hydrogen) atoms. The number of nitrogens with zero attached hydrogens (tertiary/aromatic N) is 1. The number of ether oxygens (including phenoxy) is 3. The first-order chi connectivity index (χ1) is 16.1. The summed E-state index contributed by atoms with van der Waals surface area (Å²) < 4.78 is 15.4. The van der Waals surface area contributed by atoms with Crippen LogP contribution in [0.15, 0.2) is 48.5 Å². The fourth-order valence-corrected chi connectivity index (χ4v) is 2.91. The molecule has 0 unspecified atom stereocenters. The maximum Gasteiger partial charge on any atom is 0.337 e. The Kier molecular flexibility index (Phi) is 10.7. The lowest BCUT2D eigenvalue weighted by molar-refractivity contribution is -0.127. The van der Waals surface area contributed by atoms with Gasteiger partial charge in [0.2, 0.25) is 5.91 Å². The average Bonchev–Trinajstić information content (AvgIpc) is 2.84. The first-order valence-corrected chi connectivity index (χ1v) is 10.5. The molecule has 7 heteroatoms. The van der Waals surface area contributed by atoms with Crippen LogP contribution in [-0.2, 0) is 20.7 Å². The van der Waals surface area contributed by atoms with Gasteiger partial charge in [0.15, 0.2) is 0 Å². The molecule has 172 valence electrons. The van der Waals surface area contributed by atoms with Crippen molar-refractivity contribution in [2.75, 3.05) is 39.2 Å². The van der Waals surface area contributed by atoms with Gasteiger partial charge in [0.1, 0.15) is 18.5 Å². The Labute approximate surface area is 195 Å². The van der Waals surface area contributed by atoms with Crippen molar-refractivity contribution in [1.82, 2.24) is 4.90 Å². The molecule has 0 aromatic heterocycles. The van der Waals surface area contributed by atoms with Crippen LogP contribution in [0.4, 0.5) is 5.69 Å². The maximum atomic E-state index is 12.5. The van der Waals surface area contributed by atoms with Crippen molar-refractivity contribution in [3.63, 3.8) is 0 Å². The molecular weight excluding hydrogens is 420 g/mol. The highest BCUT2D eigenvalue weighted by atomic mass is 16.5. The number of hydrogen-bond acceptors (Lipinski definition) is 6. The van der Waals surface area contributed by atoms with E-state index in [1.807, 2.05) is 30.3 Å². The van der Waals surface area contributed by atoms with E-state index in [1.54, 1.807) is 32.2 Å². The molecule has 0 heterocycles. The van der Waals surface area contributed by atoms with Gasteiger partial charge in [-0.3, -0.25) is 9.69 Å². The molecule has 0 bridgehead atoms. The van der Waals surface area contributed by atoms with Gasteiger partial charge in [-0.05, 0) is 36.6 Å². The standard InChI is InChI=1S/C26H28N2O5/c1-4-15-28(25(29)19-21-10-6-5-7-11-21)16-9-18-33-17-8-14-27-23-20-22(26(30)32-3)12-13-24(23)31-2/h5-7,10-13,20,27H,9,14,16,18-19H2,1-3H3. The Morgan fingerprint density at radius 1 is 1.09 bits per heavy atom. The summed E-state index contributed by atoms with van der Waals surface area (Å²) in [5, 5.41) is 3.09. The van der Waals surface area contributed by atoms with Gasteiger partial charge in [0.05, 0.1) is 38.4 Å². The molecule has 2 aromatic carbocycles. The summed E-state index contributed by atoms with van der Waals surface area (Å²) in [6.07, 6.45) is 3.54. The van der Waals surface area contributed by atoms with E-state index in [0.717, 1.165) is 5.56 Å². The Morgan fingerprint density at radius 3 is 2.58 bits per heavy atom. The highest BCUT2D eigenvalue weighted by molar-refractivity contribution is 5.91. The summed E-state index contributed by atoms with van der Waals surface area (Å²) in [6, 6.07) is 17.4. The van der Waals surface area contributed by atoms with Crippen molar-refractivity contribution in [3.8, 4) is 29.7 Å². The molecule has 7 nitrogen and oxygen atoms in total. The molecule has 0 fully saturated rings. The number of rotatable bonds is 10. The van der Waals surface area contributed by atoms with Gasteiger partial charge < -0.3 is 19.5 Å². The van der Waals surface area contributed by atoms with Gasteiger partial charge in [-0.15, -0.1) is 0 Å². The van der Waals surface area contributed by atoms with Crippen LogP contribution >= 0.6 is 0 Å². The zero-order valence-electron chi connectivity index (χ0n) is 19.1. The van der Waals surface area contributed by atoms with Crippen molar-refractivity contribution in [1.29, 1.82) is 0 Å². The normalized spacial score (nSPS) is 9.42. The lowest BCUT2D eigenvalue weighted by Gasteiger charge is -2.15. The third-order valence-electron chi connectivity index (χ3n) is 4.51. The van der Waals surface area contributed by atoms with Crippen molar-refractivity contribution in [2.24, 2.45) is 0 Å². The number of esters is 1. The fraction of sp³-hybridized carbons (Fsp3) is 0.308. The zero-order valence-corrected chi connectivity index (χ0v) is 19.1. The second kappa shape index (κ2) is 14.1. The number of carbonyl (C=O) groups excluding carboxylic acids is 2. The van der Waals surface area contributed by atoms with Gasteiger partial charge in [-0.25, -0.2) is 4.79 Å². The highest BCUT2D eigenvalue weighted by Gasteiger charge is 2.12. The Bertz CT molecular complexity index is 1050. The summed E-state index contributed by atoms with van der Waals surface area (Å²) >= 11 is 0. The monoisotopic (exact) mass is 448 g/mol. The van der Waals surface area contributed by atoms with Crippen LogP contribution < -0.4 is 10.1 Å². The second-order valence-electron chi connectivity index (χ2n) is 6.81. The molecule has 2 rings (SSSR count). The zero-order chi connectivity index (χ0) is 23.9. The van der Waals surface area contributed by atoms with Crippen molar-refractivity contribution in [2.45, 2.75) is 19.8 Å². The van der Waals surface area contributed by atoms with Gasteiger partial charge in [0, 0.05) is 19.0 Å². The molecule has 1 amide bonds. The van der Waals surface area contributed by atoms with E-state index in [4.69, 9.17) is 14.2 Å². The van der Waals surface area contributed by atoms with E-state index in [2.05, 4.69) is 29.3 Å². The minimum atomic E-state index is -0.431. The van der Waals surface area contributed by atoms with Crippen molar-refractivity contribution in [3.05, 3.63) is 59.7 Å². The van der Waals surface area contributed by atoms with Gasteiger partial charge >= 0.3 is 5.97 Å². The third kappa shape index (κ3) is 8.51. The molecule has 2 aromatic rings. The number of anilines is 1. The molecule has 1 N–H and O–H groups in total. The number of amides is 1. The fourth-order valence-electron chi connectivity index (χ4n) is 2.91. The van der Waals surface area contributed by atoms with Crippen LogP contribution in [0.25, 0.3) is 0 Å². The minimum absolute atomic E-state index is 0.0473. The highest BCUT2D eigenvalue weighted by Crippen LogP contribution is 2.25. The van der Waals surface area contributed by atoms with E-state index < -0.39 is 5.97 Å². The summed E-state index contributed by atoms with van der Waals surface area (Å²) in [6.45, 7) is 2.83. The van der Waals surface area contributed by atoms with Gasteiger partial charge in [0.25, 0.3) is 0 Å². The molecular formula is C26H28N2O5. The molecule has 0 saturated carbocycles. The third-order valence-corrected chi connectivity index (χ3v) is 4.51. The van der Waals surface area contributed by atoms with Crippen LogP contribution in [0.3, 0.4) is 0 Å². The SMILES string of the molecule is CC#CN(CCCOC#CCNc1cc(C(=O)OC)ccc1OC)C(=O)Cc1ccccc1. The molecule has 0 aliphatic heterocycles. The largest absolute Gasteiger partial charge is 0.495 e. The molecule has 0 atom stereocenters. The van der Waals surface area contributed by atoms with E-state index in [0.29, 0.717) is 49.5 Å². The van der Waals surface area contributed by atoms with Crippen LogP contribution in [-0.4, -0.2) is 50.7 Å². The quantitative estimate of drug-likeness (QED) is 0.260. The second-order valence-corrected chi connectivity index (χ2v) is 6.81. The van der Waals surface area contributed by atoms with Crippen LogP contribution in [0.2, 0.25) is 0 Å². The average molecular weight is 449 g/mol. The lowest BCUT2D eigenvalue weighted by Crippen LogP contribution is -2.29. The predicted octanol–water partition coefficient (Wildman–Crippen LogP) is 3.31. The maximum absolute atomic E-state index is 12.5. The first-order valence-electron chi connectivity index (χ1n) is 10.5. The molecule has 0 radical (unpaired) electrons. The number of hydrogen-bond donors (Lipinski definition) is 1. The summed E-state index contributed by atoms with van der Waals surface area (Å²) in [5.41, 5.74) is 1.99. The topological polar surface area (TPSA) is 77.1 Å². The molecule has 0 spiro atoms. The minimum Gasteiger partial charge on any atom is -0.495 e. The van der Waals surface area contributed by atoms with E-state index in [1.165, 1.54) is 12.0 Å². The van der Waals surface area contributed by atoms with Crippen LogP contribution in [0, 0.1) is 24.0 Å². The van der Waals surface area contributed by atoms with E-state index in [-0.39, 0.29) is 5.91 Å². The predicted molar refractivity (Wildman–Crippen MR) is 126 cm³/mol. The van der Waals surface area contributed by atoms with E-state index in [9.17, 15) is 9.59 Å². The Balaban J connectivity index is 1.76. The van der Waals surface area contributed by atoms with E-state index >= 15 is 0 Å². The summed E-state index contributed by atoms with van der Waals surface area (Å²) in [7, 11) is 2.87. The first kappa shape index (κ1) is 25.2. The Morgan fingerprint density at radius 2 is 1.88 bits per heavy atom. The Hall–Kier alpha value is -4.10. The number of benzene rings is 2.